The summed E-state index contributed by atoms with van der Waals surface area (Å²) in [4.78, 5) is 0. The van der Waals surface area contributed by atoms with Gasteiger partial charge in [-0.05, 0) is 17.0 Å². The molecule has 2 unspecified atom stereocenters. The quantitative estimate of drug-likeness (QED) is 0.535. The van der Waals surface area contributed by atoms with Gasteiger partial charge in [-0.2, -0.15) is 8.42 Å². The number of benzene rings is 1. The van der Waals surface area contributed by atoms with E-state index in [2.05, 4.69) is 0 Å². The first-order valence-electron chi connectivity index (χ1n) is 5.60. The van der Waals surface area contributed by atoms with E-state index in [0.717, 1.165) is 5.56 Å². The molecule has 1 heterocycles. The van der Waals surface area contributed by atoms with Crippen LogP contribution < -0.4 is 0 Å². The summed E-state index contributed by atoms with van der Waals surface area (Å²) in [5.41, 5.74) is 1.58. The van der Waals surface area contributed by atoms with Gasteiger partial charge in [-0.15, -0.1) is 10.7 Å². The lowest BCUT2D eigenvalue weighted by Crippen LogP contribution is -2.49. The fraction of sp³-hybridized carbons (Fsp3) is 0.333. The van der Waals surface area contributed by atoms with Crippen molar-refractivity contribution in [3.05, 3.63) is 35.4 Å². The van der Waals surface area contributed by atoms with Crippen molar-refractivity contribution < 1.29 is 22.8 Å². The largest absolute Gasteiger partial charge is 0.344 e. The summed E-state index contributed by atoms with van der Waals surface area (Å²) in [5.74, 6) is -1.25. The van der Waals surface area contributed by atoms with Gasteiger partial charge in [0.25, 0.3) is 0 Å². The number of rotatable bonds is 1. The Labute approximate surface area is 110 Å². The van der Waals surface area contributed by atoms with E-state index in [0.29, 0.717) is 16.3 Å². The van der Waals surface area contributed by atoms with Crippen LogP contribution in [0, 0.1) is 12.3 Å². The first kappa shape index (κ1) is 12.6. The van der Waals surface area contributed by atoms with E-state index >= 15 is 0 Å². The first-order chi connectivity index (χ1) is 8.87. The van der Waals surface area contributed by atoms with Gasteiger partial charge in [0, 0.05) is 6.42 Å². The normalized spacial score (nSPS) is 28.7. The minimum absolute atomic E-state index is 0.386. The summed E-state index contributed by atoms with van der Waals surface area (Å²) in [7, 11) is -4.27. The molecule has 7 heteroatoms. The van der Waals surface area contributed by atoms with Crippen LogP contribution in [0.4, 0.5) is 0 Å². The Balaban J connectivity index is 2.16. The number of hydrogen-bond acceptors (Lipinski definition) is 5. The van der Waals surface area contributed by atoms with Crippen LogP contribution in [0.25, 0.3) is 0 Å². The first-order valence-corrected chi connectivity index (χ1v) is 6.96. The van der Waals surface area contributed by atoms with Gasteiger partial charge in [0.05, 0.1) is 6.04 Å². The highest BCUT2D eigenvalue weighted by atomic mass is 32.2. The van der Waals surface area contributed by atoms with E-state index in [-0.39, 0.29) is 0 Å². The Kier molecular flexibility index (Phi) is 2.51. The highest BCUT2D eigenvalue weighted by Crippen LogP contribution is 2.47. The molecule has 2 atom stereocenters. The van der Waals surface area contributed by atoms with Crippen molar-refractivity contribution >= 4 is 10.3 Å². The SMILES string of the molecule is C#CC(O)(O)N1C2c3ccccc3CC2OS1(=O)=O. The summed E-state index contributed by atoms with van der Waals surface area (Å²) in [6, 6.07) is 6.33. The Morgan fingerprint density at radius 2 is 2.11 bits per heavy atom. The van der Waals surface area contributed by atoms with Gasteiger partial charge in [0.2, 0.25) is 0 Å². The fourth-order valence-electron chi connectivity index (χ4n) is 2.66. The summed E-state index contributed by atoms with van der Waals surface area (Å²) < 4.78 is 29.1. The molecule has 0 bridgehead atoms. The summed E-state index contributed by atoms with van der Waals surface area (Å²) in [5, 5.41) is 19.4. The van der Waals surface area contributed by atoms with Gasteiger partial charge in [-0.3, -0.25) is 4.18 Å². The topological polar surface area (TPSA) is 87.1 Å². The van der Waals surface area contributed by atoms with E-state index in [9.17, 15) is 18.6 Å². The molecule has 1 fully saturated rings. The van der Waals surface area contributed by atoms with Gasteiger partial charge in [-0.1, -0.05) is 24.3 Å². The van der Waals surface area contributed by atoms with Crippen molar-refractivity contribution in [2.45, 2.75) is 24.5 Å². The summed E-state index contributed by atoms with van der Waals surface area (Å²) in [6.07, 6.45) is 4.70. The molecule has 0 spiro atoms. The van der Waals surface area contributed by atoms with Crippen molar-refractivity contribution in [2.75, 3.05) is 0 Å². The lowest BCUT2D eigenvalue weighted by molar-refractivity contribution is -0.193. The third-order valence-electron chi connectivity index (χ3n) is 3.39. The summed E-state index contributed by atoms with van der Waals surface area (Å²) >= 11 is 0. The molecule has 1 aliphatic heterocycles. The smallest absolute Gasteiger partial charge is 0.342 e. The van der Waals surface area contributed by atoms with E-state index in [1.165, 1.54) is 0 Å². The molecular weight excluding hydrogens is 270 g/mol. The minimum atomic E-state index is -4.27. The van der Waals surface area contributed by atoms with Crippen molar-refractivity contribution in [1.82, 2.24) is 4.31 Å². The van der Waals surface area contributed by atoms with Crippen LogP contribution in [-0.2, 0) is 20.9 Å². The molecular formula is C12H11NO5S. The van der Waals surface area contributed by atoms with Crippen LogP contribution in [0.5, 0.6) is 0 Å². The zero-order valence-corrected chi connectivity index (χ0v) is 10.5. The average Bonchev–Trinajstić information content (AvgIpc) is 2.79. The molecule has 1 aliphatic carbocycles. The Bertz CT molecular complexity index is 676. The molecule has 19 heavy (non-hydrogen) atoms. The monoisotopic (exact) mass is 281 g/mol. The molecule has 100 valence electrons. The third kappa shape index (κ3) is 1.69. The second kappa shape index (κ2) is 3.79. The van der Waals surface area contributed by atoms with Crippen molar-refractivity contribution in [3.63, 3.8) is 0 Å². The second-order valence-electron chi connectivity index (χ2n) is 4.52. The van der Waals surface area contributed by atoms with Crippen LogP contribution in [0.3, 0.4) is 0 Å². The molecule has 0 aromatic heterocycles. The number of terminal acetylenes is 1. The Hall–Kier alpha value is -1.43. The summed E-state index contributed by atoms with van der Waals surface area (Å²) in [6.45, 7) is 0. The van der Waals surface area contributed by atoms with E-state index < -0.39 is 28.4 Å². The van der Waals surface area contributed by atoms with E-state index in [1.807, 2.05) is 12.1 Å². The molecule has 2 aliphatic rings. The lowest BCUT2D eigenvalue weighted by Gasteiger charge is -2.28. The van der Waals surface area contributed by atoms with E-state index in [4.69, 9.17) is 10.6 Å². The molecule has 0 radical (unpaired) electrons. The van der Waals surface area contributed by atoms with Gasteiger partial charge in [0.1, 0.15) is 6.10 Å². The molecule has 2 N–H and O–H groups in total. The van der Waals surface area contributed by atoms with E-state index in [1.54, 1.807) is 18.1 Å². The molecule has 1 saturated heterocycles. The molecule has 1 aromatic carbocycles. The van der Waals surface area contributed by atoms with Crippen LogP contribution in [0.1, 0.15) is 17.2 Å². The van der Waals surface area contributed by atoms with Crippen molar-refractivity contribution in [2.24, 2.45) is 0 Å². The lowest BCUT2D eigenvalue weighted by atomic mass is 10.1. The molecule has 3 rings (SSSR count). The maximum Gasteiger partial charge on any atom is 0.344 e. The zero-order chi connectivity index (χ0) is 13.8. The van der Waals surface area contributed by atoms with Crippen LogP contribution in [0.2, 0.25) is 0 Å². The van der Waals surface area contributed by atoms with Gasteiger partial charge < -0.3 is 10.2 Å². The van der Waals surface area contributed by atoms with Gasteiger partial charge in [-0.25, -0.2) is 0 Å². The van der Waals surface area contributed by atoms with Crippen LogP contribution in [0.15, 0.2) is 24.3 Å². The average molecular weight is 281 g/mol. The molecule has 1 aromatic rings. The van der Waals surface area contributed by atoms with Crippen molar-refractivity contribution in [1.29, 1.82) is 0 Å². The zero-order valence-electron chi connectivity index (χ0n) is 9.72. The van der Waals surface area contributed by atoms with Crippen LogP contribution >= 0.6 is 0 Å². The second-order valence-corrected chi connectivity index (χ2v) is 5.96. The Morgan fingerprint density at radius 3 is 2.79 bits per heavy atom. The number of fused-ring (bicyclic) bond motifs is 3. The Morgan fingerprint density at radius 1 is 1.42 bits per heavy atom. The third-order valence-corrected chi connectivity index (χ3v) is 4.84. The number of hydrogen-bond donors (Lipinski definition) is 2. The molecule has 0 saturated carbocycles. The minimum Gasteiger partial charge on any atom is -0.342 e. The number of nitrogens with zero attached hydrogens (tertiary/aromatic N) is 1. The maximum atomic E-state index is 11.9. The fourth-order valence-corrected chi connectivity index (χ4v) is 4.13. The highest BCUT2D eigenvalue weighted by molar-refractivity contribution is 7.84. The molecule has 6 nitrogen and oxygen atoms in total. The van der Waals surface area contributed by atoms with Gasteiger partial charge in [0.15, 0.2) is 0 Å². The standard InChI is InChI=1S/C12H11NO5S/c1-2-12(14,15)13-11-9-6-4-3-5-8(9)7-10(11)18-19(13,16)17/h1,3-6,10-11,14-15H,7H2. The predicted octanol–water partition coefficient (Wildman–Crippen LogP) is -0.499. The van der Waals surface area contributed by atoms with Crippen LogP contribution in [-0.4, -0.2) is 35.0 Å². The van der Waals surface area contributed by atoms with Crippen molar-refractivity contribution in [3.8, 4) is 12.3 Å². The number of aliphatic hydroxyl groups is 2. The molecule has 0 amide bonds. The highest BCUT2D eigenvalue weighted by Gasteiger charge is 2.58. The maximum absolute atomic E-state index is 11.9. The van der Waals surface area contributed by atoms with Gasteiger partial charge >= 0.3 is 16.2 Å². The predicted molar refractivity (Wildman–Crippen MR) is 64.5 cm³/mol.